The lowest BCUT2D eigenvalue weighted by Crippen LogP contribution is -2.18. The van der Waals surface area contributed by atoms with E-state index in [9.17, 15) is 0 Å². The predicted octanol–water partition coefficient (Wildman–Crippen LogP) is 2.94. The van der Waals surface area contributed by atoms with Gasteiger partial charge in [-0.25, -0.2) is 0 Å². The summed E-state index contributed by atoms with van der Waals surface area (Å²) in [5.41, 5.74) is 0. The molecule has 0 bridgehead atoms. The summed E-state index contributed by atoms with van der Waals surface area (Å²) in [6, 6.07) is 0.406. The lowest BCUT2D eigenvalue weighted by Gasteiger charge is -2.25. The van der Waals surface area contributed by atoms with Gasteiger partial charge in [0.1, 0.15) is 11.6 Å². The van der Waals surface area contributed by atoms with Crippen molar-refractivity contribution in [3.8, 4) is 0 Å². The van der Waals surface area contributed by atoms with Gasteiger partial charge in [0.2, 0.25) is 0 Å². The monoisotopic (exact) mass is 227 g/mol. The van der Waals surface area contributed by atoms with Gasteiger partial charge in [-0.15, -0.1) is 21.8 Å². The molecular formula is C11H18ClN3. The van der Waals surface area contributed by atoms with E-state index in [2.05, 4.69) is 28.6 Å². The fraction of sp³-hybridized carbons (Fsp3) is 0.818. The van der Waals surface area contributed by atoms with Crippen molar-refractivity contribution < 1.29 is 0 Å². The molecule has 1 heterocycles. The first kappa shape index (κ1) is 10.9. The smallest absolute Gasteiger partial charge is 0.148 e. The summed E-state index contributed by atoms with van der Waals surface area (Å²) in [7, 11) is 0. The molecule has 1 aromatic rings. The molecule has 1 aliphatic carbocycles. The highest BCUT2D eigenvalue weighted by molar-refractivity contribution is 6.16. The zero-order valence-corrected chi connectivity index (χ0v) is 10.2. The summed E-state index contributed by atoms with van der Waals surface area (Å²) >= 11 is 5.85. The summed E-state index contributed by atoms with van der Waals surface area (Å²) in [6.45, 7) is 4.31. The van der Waals surface area contributed by atoms with E-state index >= 15 is 0 Å². The predicted molar refractivity (Wildman–Crippen MR) is 61.0 cm³/mol. The van der Waals surface area contributed by atoms with E-state index in [1.54, 1.807) is 0 Å². The van der Waals surface area contributed by atoms with E-state index in [0.29, 0.717) is 11.9 Å². The van der Waals surface area contributed by atoms with Gasteiger partial charge in [0, 0.05) is 12.5 Å². The quantitative estimate of drug-likeness (QED) is 0.741. The molecule has 15 heavy (non-hydrogen) atoms. The van der Waals surface area contributed by atoms with Gasteiger partial charge in [-0.2, -0.15) is 0 Å². The Morgan fingerprint density at radius 2 is 2.00 bits per heavy atom. The molecule has 0 saturated heterocycles. The average Bonchev–Trinajstić information content (AvgIpc) is 2.54. The van der Waals surface area contributed by atoms with Gasteiger partial charge in [-0.05, 0) is 19.8 Å². The van der Waals surface area contributed by atoms with Crippen LogP contribution in [0.1, 0.15) is 50.8 Å². The van der Waals surface area contributed by atoms with Gasteiger partial charge >= 0.3 is 0 Å². The van der Waals surface area contributed by atoms with Gasteiger partial charge < -0.3 is 4.57 Å². The van der Waals surface area contributed by atoms with Crippen LogP contribution in [0, 0.1) is 5.92 Å². The topological polar surface area (TPSA) is 30.7 Å². The molecule has 0 atom stereocenters. The van der Waals surface area contributed by atoms with Gasteiger partial charge in [0.15, 0.2) is 0 Å². The molecule has 1 saturated carbocycles. The van der Waals surface area contributed by atoms with Crippen LogP contribution in [-0.2, 0) is 12.3 Å². The van der Waals surface area contributed by atoms with Gasteiger partial charge in [0.25, 0.3) is 0 Å². The zero-order chi connectivity index (χ0) is 10.8. The van der Waals surface area contributed by atoms with Crippen LogP contribution in [0.15, 0.2) is 0 Å². The third-order valence-electron chi connectivity index (χ3n) is 3.17. The van der Waals surface area contributed by atoms with Crippen molar-refractivity contribution in [1.82, 2.24) is 14.8 Å². The van der Waals surface area contributed by atoms with Crippen LogP contribution in [0.5, 0.6) is 0 Å². The first-order valence-corrected chi connectivity index (χ1v) is 6.24. The van der Waals surface area contributed by atoms with Crippen LogP contribution >= 0.6 is 11.6 Å². The Morgan fingerprint density at radius 3 is 2.47 bits per heavy atom. The van der Waals surface area contributed by atoms with E-state index < -0.39 is 0 Å². The number of aromatic nitrogens is 3. The van der Waals surface area contributed by atoms with Crippen molar-refractivity contribution in [3.05, 3.63) is 11.6 Å². The van der Waals surface area contributed by atoms with Crippen molar-refractivity contribution in [2.75, 3.05) is 0 Å². The fourth-order valence-corrected chi connectivity index (χ4v) is 2.32. The number of rotatable bonds is 4. The molecule has 84 valence electrons. The first-order chi connectivity index (χ1) is 7.22. The molecule has 4 heteroatoms. The highest BCUT2D eigenvalue weighted by Gasteiger charge is 2.22. The maximum atomic E-state index is 5.85. The minimum absolute atomic E-state index is 0.406. The van der Waals surface area contributed by atoms with Gasteiger partial charge in [-0.3, -0.25) is 0 Å². The second-order valence-electron chi connectivity index (χ2n) is 4.63. The second kappa shape index (κ2) is 4.52. The van der Waals surface area contributed by atoms with Crippen LogP contribution in [0.3, 0.4) is 0 Å². The summed E-state index contributed by atoms with van der Waals surface area (Å²) in [5.74, 6) is 3.30. The Balaban J connectivity index is 2.17. The lowest BCUT2D eigenvalue weighted by molar-refractivity contribution is 0.303. The van der Waals surface area contributed by atoms with E-state index in [1.807, 2.05) is 0 Å². The molecule has 1 aliphatic rings. The third kappa shape index (κ3) is 2.17. The molecule has 0 spiro atoms. The molecule has 1 aromatic heterocycles. The Kier molecular flexibility index (Phi) is 3.29. The molecule has 0 aromatic carbocycles. The largest absolute Gasteiger partial charge is 0.311 e. The van der Waals surface area contributed by atoms with E-state index in [-0.39, 0.29) is 0 Å². The normalized spacial score (nSPS) is 17.1. The minimum Gasteiger partial charge on any atom is -0.311 e. The van der Waals surface area contributed by atoms with E-state index in [4.69, 9.17) is 11.6 Å². The molecule has 0 amide bonds. The molecule has 0 N–H and O–H groups in total. The van der Waals surface area contributed by atoms with Crippen molar-refractivity contribution in [2.45, 2.75) is 51.5 Å². The van der Waals surface area contributed by atoms with Gasteiger partial charge in [0.05, 0.1) is 5.88 Å². The standard InChI is InChI=1S/C11H18ClN3/c1-8(2)15-10(6-9-4-3-5-9)13-14-11(15)7-12/h8-9H,3-7H2,1-2H3. The van der Waals surface area contributed by atoms with Crippen LogP contribution in [0.4, 0.5) is 0 Å². The number of halogens is 1. The molecule has 0 radical (unpaired) electrons. The van der Waals surface area contributed by atoms with Crippen molar-refractivity contribution in [1.29, 1.82) is 0 Å². The maximum Gasteiger partial charge on any atom is 0.148 e. The Bertz CT molecular complexity index is 329. The summed E-state index contributed by atoms with van der Waals surface area (Å²) in [4.78, 5) is 0. The first-order valence-electron chi connectivity index (χ1n) is 5.71. The number of hydrogen-bond acceptors (Lipinski definition) is 2. The number of nitrogens with zero attached hydrogens (tertiary/aromatic N) is 3. The highest BCUT2D eigenvalue weighted by atomic mass is 35.5. The number of hydrogen-bond donors (Lipinski definition) is 0. The Hall–Kier alpha value is -0.570. The molecule has 0 unspecified atom stereocenters. The summed E-state index contributed by atoms with van der Waals surface area (Å²) in [6.07, 6.45) is 5.15. The summed E-state index contributed by atoms with van der Waals surface area (Å²) in [5, 5.41) is 8.41. The second-order valence-corrected chi connectivity index (χ2v) is 4.90. The fourth-order valence-electron chi connectivity index (χ4n) is 2.14. The van der Waals surface area contributed by atoms with Crippen LogP contribution < -0.4 is 0 Å². The van der Waals surface area contributed by atoms with Gasteiger partial charge in [-0.1, -0.05) is 19.3 Å². The molecule has 3 nitrogen and oxygen atoms in total. The average molecular weight is 228 g/mol. The number of alkyl halides is 1. The Morgan fingerprint density at radius 1 is 1.33 bits per heavy atom. The Labute approximate surface area is 95.8 Å². The molecule has 2 rings (SSSR count). The zero-order valence-electron chi connectivity index (χ0n) is 9.41. The van der Waals surface area contributed by atoms with E-state index in [0.717, 1.165) is 24.0 Å². The van der Waals surface area contributed by atoms with Crippen molar-refractivity contribution in [3.63, 3.8) is 0 Å². The highest BCUT2D eigenvalue weighted by Crippen LogP contribution is 2.30. The van der Waals surface area contributed by atoms with Crippen LogP contribution in [-0.4, -0.2) is 14.8 Å². The van der Waals surface area contributed by atoms with Crippen molar-refractivity contribution >= 4 is 11.6 Å². The van der Waals surface area contributed by atoms with E-state index in [1.165, 1.54) is 19.3 Å². The molecule has 1 fully saturated rings. The van der Waals surface area contributed by atoms with Crippen LogP contribution in [0.2, 0.25) is 0 Å². The molecular weight excluding hydrogens is 210 g/mol. The summed E-state index contributed by atoms with van der Waals surface area (Å²) < 4.78 is 2.19. The van der Waals surface area contributed by atoms with Crippen molar-refractivity contribution in [2.24, 2.45) is 5.92 Å². The minimum atomic E-state index is 0.406. The third-order valence-corrected chi connectivity index (χ3v) is 3.41. The maximum absolute atomic E-state index is 5.85. The van der Waals surface area contributed by atoms with Crippen LogP contribution in [0.25, 0.3) is 0 Å². The molecule has 0 aliphatic heterocycles. The SMILES string of the molecule is CC(C)n1c(CCl)nnc1CC1CCC1. The lowest BCUT2D eigenvalue weighted by atomic mass is 9.83.